The Morgan fingerprint density at radius 1 is 1.00 bits per heavy atom. The molecule has 0 radical (unpaired) electrons. The van der Waals surface area contributed by atoms with E-state index in [-0.39, 0.29) is 18.1 Å². The number of rotatable bonds is 3. The Kier molecular flexibility index (Phi) is 6.38. The van der Waals surface area contributed by atoms with Gasteiger partial charge in [-0.1, -0.05) is 0 Å². The number of carboxylic acid groups (broad SMARTS) is 1. The van der Waals surface area contributed by atoms with Crippen LogP contribution in [0, 0.1) is 5.92 Å². The quantitative estimate of drug-likeness (QED) is 0.743. The van der Waals surface area contributed by atoms with Gasteiger partial charge in [0.05, 0.1) is 17.9 Å². The minimum atomic E-state index is -0.868. The van der Waals surface area contributed by atoms with Gasteiger partial charge < -0.3 is 29.3 Å². The van der Waals surface area contributed by atoms with E-state index >= 15 is 0 Å². The summed E-state index contributed by atoms with van der Waals surface area (Å²) in [6.45, 7) is 4.70. The maximum Gasteiger partial charge on any atom is 0.407 e. The number of ether oxygens (including phenoxy) is 2. The monoisotopic (exact) mass is 466 g/mol. The second-order valence-electron chi connectivity index (χ2n) is 9.25. The van der Waals surface area contributed by atoms with Crippen LogP contribution in [-0.2, 0) is 11.3 Å². The highest BCUT2D eigenvalue weighted by molar-refractivity contribution is 5.94. The van der Waals surface area contributed by atoms with E-state index in [1.54, 1.807) is 6.20 Å². The van der Waals surface area contributed by atoms with Crippen LogP contribution in [0.1, 0.15) is 28.8 Å². The molecule has 2 fully saturated rings. The first kappa shape index (κ1) is 22.6. The van der Waals surface area contributed by atoms with E-state index in [0.29, 0.717) is 25.3 Å². The van der Waals surface area contributed by atoms with E-state index in [4.69, 9.17) is 14.6 Å². The number of hydrogen-bond donors (Lipinski definition) is 1. The molecule has 1 aromatic heterocycles. The lowest BCUT2D eigenvalue weighted by atomic mass is 9.95. The number of benzene rings is 1. The molecule has 34 heavy (non-hydrogen) atoms. The summed E-state index contributed by atoms with van der Waals surface area (Å²) in [6, 6.07) is 9.66. The van der Waals surface area contributed by atoms with Crippen molar-refractivity contribution in [2.24, 2.45) is 5.92 Å². The maximum absolute atomic E-state index is 12.8. The molecule has 4 heterocycles. The van der Waals surface area contributed by atoms with Gasteiger partial charge in [-0.15, -0.1) is 0 Å². The van der Waals surface area contributed by atoms with Gasteiger partial charge in [0, 0.05) is 62.5 Å². The van der Waals surface area contributed by atoms with Crippen molar-refractivity contribution in [1.82, 2.24) is 19.7 Å². The largest absolute Gasteiger partial charge is 0.465 e. The van der Waals surface area contributed by atoms with E-state index in [9.17, 15) is 9.59 Å². The number of fused-ring (bicyclic) bond motifs is 1. The minimum absolute atomic E-state index is 0.0274. The van der Waals surface area contributed by atoms with E-state index in [2.05, 4.69) is 16.9 Å². The van der Waals surface area contributed by atoms with Gasteiger partial charge in [0.25, 0.3) is 5.91 Å². The molecule has 9 nitrogen and oxygen atoms in total. The van der Waals surface area contributed by atoms with Gasteiger partial charge in [0.15, 0.2) is 0 Å². The molecule has 3 aliphatic rings. The summed E-state index contributed by atoms with van der Waals surface area (Å²) in [7, 11) is 2.07. The first-order valence-corrected chi connectivity index (χ1v) is 11.8. The molecule has 1 atom stereocenters. The van der Waals surface area contributed by atoms with Gasteiger partial charge in [-0.05, 0) is 50.2 Å². The Balaban J connectivity index is 1.22. The van der Waals surface area contributed by atoms with E-state index in [0.717, 1.165) is 61.6 Å². The molecule has 180 valence electrons. The number of hydrogen-bond acceptors (Lipinski definition) is 6. The third-order valence-electron chi connectivity index (χ3n) is 7.00. The second-order valence-corrected chi connectivity index (χ2v) is 9.25. The molecule has 0 aliphatic carbocycles. The molecule has 0 spiro atoms. The van der Waals surface area contributed by atoms with Crippen LogP contribution in [0.2, 0.25) is 0 Å². The Bertz CT molecular complexity index is 1040. The van der Waals surface area contributed by atoms with Crippen molar-refractivity contribution in [3.8, 4) is 17.0 Å². The summed E-state index contributed by atoms with van der Waals surface area (Å²) in [6.07, 6.45) is 1.89. The van der Waals surface area contributed by atoms with Crippen molar-refractivity contribution in [3.05, 3.63) is 47.7 Å². The van der Waals surface area contributed by atoms with Gasteiger partial charge in [0.2, 0.25) is 6.29 Å². The van der Waals surface area contributed by atoms with Crippen LogP contribution in [-0.4, -0.2) is 89.4 Å². The first-order valence-electron chi connectivity index (χ1n) is 11.8. The lowest BCUT2D eigenvalue weighted by Gasteiger charge is -2.36. The lowest BCUT2D eigenvalue weighted by molar-refractivity contribution is -0.148. The number of piperazine rings is 1. The highest BCUT2D eigenvalue weighted by atomic mass is 16.7. The van der Waals surface area contributed by atoms with Crippen molar-refractivity contribution >= 4 is 12.0 Å². The molecule has 5 rings (SSSR count). The highest BCUT2D eigenvalue weighted by Crippen LogP contribution is 2.34. The first-order chi connectivity index (χ1) is 16.5. The number of nitrogens with zero attached hydrogens (tertiary/aromatic N) is 4. The van der Waals surface area contributed by atoms with Crippen molar-refractivity contribution < 1.29 is 24.2 Å². The van der Waals surface area contributed by atoms with Crippen molar-refractivity contribution in [2.75, 3.05) is 46.3 Å². The fraction of sp³-hybridized carbons (Fsp3) is 0.480. The molecule has 2 amide bonds. The molecule has 1 unspecified atom stereocenters. The van der Waals surface area contributed by atoms with Gasteiger partial charge in [0.1, 0.15) is 5.75 Å². The fourth-order valence-electron chi connectivity index (χ4n) is 4.78. The van der Waals surface area contributed by atoms with Crippen LogP contribution in [0.25, 0.3) is 11.3 Å². The molecule has 3 aliphatic heterocycles. The highest BCUT2D eigenvalue weighted by Gasteiger charge is 2.33. The number of pyridine rings is 1. The average Bonchev–Trinajstić information content (AvgIpc) is 2.88. The maximum atomic E-state index is 12.8. The Morgan fingerprint density at radius 2 is 1.76 bits per heavy atom. The summed E-state index contributed by atoms with van der Waals surface area (Å²) in [5.74, 6) is 0.998. The summed E-state index contributed by atoms with van der Waals surface area (Å²) >= 11 is 0. The number of amides is 2. The molecule has 0 bridgehead atoms. The fourth-order valence-corrected chi connectivity index (χ4v) is 4.78. The molecule has 9 heteroatoms. The van der Waals surface area contributed by atoms with Crippen molar-refractivity contribution in [3.63, 3.8) is 0 Å². The van der Waals surface area contributed by atoms with Crippen molar-refractivity contribution in [1.29, 1.82) is 0 Å². The number of likely N-dealkylation sites (tertiary alicyclic amines) is 1. The number of carbonyl (C=O) groups is 2. The SMILES string of the molecule is CN1CCN(C(=O)c2ccc(-c3ccc4c(c3)COC(C3CCN(C(=O)O)CC3)O4)nc2)CC1. The Morgan fingerprint density at radius 3 is 2.44 bits per heavy atom. The van der Waals surface area contributed by atoms with Crippen LogP contribution in [0.15, 0.2) is 36.5 Å². The zero-order chi connectivity index (χ0) is 23.7. The van der Waals surface area contributed by atoms with Gasteiger partial charge in [-0.3, -0.25) is 9.78 Å². The summed E-state index contributed by atoms with van der Waals surface area (Å²) in [4.78, 5) is 34.0. The van der Waals surface area contributed by atoms with Crippen molar-refractivity contribution in [2.45, 2.75) is 25.7 Å². The summed E-state index contributed by atoms with van der Waals surface area (Å²) in [5, 5.41) is 9.13. The molecular weight excluding hydrogens is 436 g/mol. The predicted molar refractivity (Wildman–Crippen MR) is 125 cm³/mol. The molecular formula is C25H30N4O5. The predicted octanol–water partition coefficient (Wildman–Crippen LogP) is 2.76. The zero-order valence-electron chi connectivity index (χ0n) is 19.4. The average molecular weight is 467 g/mol. The number of carbonyl (C=O) groups excluding carboxylic acids is 1. The molecule has 0 saturated carbocycles. The second kappa shape index (κ2) is 9.60. The van der Waals surface area contributed by atoms with Crippen LogP contribution >= 0.6 is 0 Å². The molecule has 2 aromatic rings. The Labute approximate surface area is 198 Å². The van der Waals surface area contributed by atoms with Crippen LogP contribution in [0.3, 0.4) is 0 Å². The van der Waals surface area contributed by atoms with E-state index in [1.807, 2.05) is 35.2 Å². The van der Waals surface area contributed by atoms with Crippen LogP contribution in [0.4, 0.5) is 4.79 Å². The summed E-state index contributed by atoms with van der Waals surface area (Å²) < 4.78 is 12.1. The third kappa shape index (κ3) is 4.71. The zero-order valence-corrected chi connectivity index (χ0v) is 19.4. The number of aromatic nitrogens is 1. The summed E-state index contributed by atoms with van der Waals surface area (Å²) in [5.41, 5.74) is 3.30. The topological polar surface area (TPSA) is 95.4 Å². The third-order valence-corrected chi connectivity index (χ3v) is 7.00. The van der Waals surface area contributed by atoms with E-state index in [1.165, 1.54) is 4.90 Å². The van der Waals surface area contributed by atoms with Gasteiger partial charge in [-0.2, -0.15) is 0 Å². The molecule has 1 N–H and O–H groups in total. The normalized spacial score (nSPS) is 21.6. The van der Waals surface area contributed by atoms with E-state index < -0.39 is 6.09 Å². The van der Waals surface area contributed by atoms with Gasteiger partial charge >= 0.3 is 6.09 Å². The smallest absolute Gasteiger partial charge is 0.407 e. The minimum Gasteiger partial charge on any atom is -0.465 e. The van der Waals surface area contributed by atoms with Crippen LogP contribution < -0.4 is 4.74 Å². The number of likely N-dealkylation sites (N-methyl/N-ethyl adjacent to an activating group) is 1. The lowest BCUT2D eigenvalue weighted by Crippen LogP contribution is -2.47. The van der Waals surface area contributed by atoms with Gasteiger partial charge in [-0.25, -0.2) is 4.79 Å². The molecule has 1 aromatic carbocycles. The standard InChI is InChI=1S/C25H30N4O5/c1-27-10-12-28(13-11-27)23(30)19-2-4-21(26-15-19)18-3-5-22-20(14-18)16-33-24(34-22)17-6-8-29(9-7-17)25(31)32/h2-5,14-15,17,24H,6-13,16H2,1H3,(H,31,32). The Hall–Kier alpha value is -3.17. The van der Waals surface area contributed by atoms with Crippen LogP contribution in [0.5, 0.6) is 5.75 Å². The number of piperidine rings is 1. The molecule has 2 saturated heterocycles.